The van der Waals surface area contributed by atoms with Gasteiger partial charge in [0.1, 0.15) is 0 Å². The van der Waals surface area contributed by atoms with E-state index in [-0.39, 0.29) is 12.1 Å². The fraction of sp³-hybridized carbons (Fsp3) is 0.500. The van der Waals surface area contributed by atoms with Crippen LogP contribution >= 0.6 is 0 Å². The zero-order valence-corrected chi connectivity index (χ0v) is 9.00. The van der Waals surface area contributed by atoms with Gasteiger partial charge < -0.3 is 10.5 Å². The van der Waals surface area contributed by atoms with E-state index in [1.54, 1.807) is 0 Å². The predicted molar refractivity (Wildman–Crippen MR) is 57.1 cm³/mol. The summed E-state index contributed by atoms with van der Waals surface area (Å²) in [7, 11) is 0. The Labute approximate surface area is 85.1 Å². The van der Waals surface area contributed by atoms with Crippen molar-refractivity contribution in [1.82, 2.24) is 0 Å². The molecule has 2 atom stereocenters. The Morgan fingerprint density at radius 2 is 1.93 bits per heavy atom. The number of nitrogens with two attached hydrogens (primary N) is 1. The molecule has 1 aliphatic rings. The van der Waals surface area contributed by atoms with Gasteiger partial charge in [0, 0.05) is 0 Å². The first kappa shape index (κ1) is 9.69. The van der Waals surface area contributed by atoms with E-state index in [9.17, 15) is 0 Å². The van der Waals surface area contributed by atoms with Crippen LogP contribution < -0.4 is 5.73 Å². The second kappa shape index (κ2) is 3.37. The fourth-order valence-electron chi connectivity index (χ4n) is 1.91. The molecule has 0 spiro atoms. The standard InChI is InChI=1S/C12H17NO/c1-7-4-10-6-14-9(3)12(13)11(10)5-8(7)2/h4-5,9,12H,6,13H2,1-3H3/t9-,12+/m1/s1. The van der Waals surface area contributed by atoms with Crippen molar-refractivity contribution in [1.29, 1.82) is 0 Å². The summed E-state index contributed by atoms with van der Waals surface area (Å²) in [5.41, 5.74) is 11.2. The molecule has 0 fully saturated rings. The van der Waals surface area contributed by atoms with Crippen LogP contribution in [0.3, 0.4) is 0 Å². The molecule has 0 aliphatic carbocycles. The molecule has 0 saturated carbocycles. The Morgan fingerprint density at radius 3 is 2.64 bits per heavy atom. The lowest BCUT2D eigenvalue weighted by Gasteiger charge is -2.29. The highest BCUT2D eigenvalue weighted by atomic mass is 16.5. The van der Waals surface area contributed by atoms with E-state index >= 15 is 0 Å². The van der Waals surface area contributed by atoms with E-state index in [0.717, 1.165) is 0 Å². The van der Waals surface area contributed by atoms with Gasteiger partial charge in [0.05, 0.1) is 18.8 Å². The molecule has 2 nitrogen and oxygen atoms in total. The van der Waals surface area contributed by atoms with Crippen LogP contribution in [-0.4, -0.2) is 6.10 Å². The summed E-state index contributed by atoms with van der Waals surface area (Å²) in [6, 6.07) is 4.42. The average Bonchev–Trinajstić information content (AvgIpc) is 2.15. The molecule has 0 aromatic heterocycles. The van der Waals surface area contributed by atoms with Crippen molar-refractivity contribution in [2.45, 2.75) is 39.5 Å². The van der Waals surface area contributed by atoms with Gasteiger partial charge in [-0.2, -0.15) is 0 Å². The quantitative estimate of drug-likeness (QED) is 0.682. The van der Waals surface area contributed by atoms with Gasteiger partial charge >= 0.3 is 0 Å². The van der Waals surface area contributed by atoms with Gasteiger partial charge in [0.15, 0.2) is 0 Å². The van der Waals surface area contributed by atoms with Crippen LogP contribution in [-0.2, 0) is 11.3 Å². The Hall–Kier alpha value is -0.860. The highest BCUT2D eigenvalue weighted by Crippen LogP contribution is 2.29. The number of aryl methyl sites for hydroxylation is 2. The first-order valence-corrected chi connectivity index (χ1v) is 5.07. The maximum atomic E-state index is 6.08. The first-order valence-electron chi connectivity index (χ1n) is 5.07. The third-order valence-electron chi connectivity index (χ3n) is 3.12. The van der Waals surface area contributed by atoms with E-state index < -0.39 is 0 Å². The Balaban J connectivity index is 2.50. The molecule has 1 aromatic rings. The average molecular weight is 191 g/mol. The third-order valence-corrected chi connectivity index (χ3v) is 3.12. The lowest BCUT2D eigenvalue weighted by atomic mass is 9.91. The van der Waals surface area contributed by atoms with Crippen LogP contribution in [0.2, 0.25) is 0 Å². The summed E-state index contributed by atoms with van der Waals surface area (Å²) in [5.74, 6) is 0. The van der Waals surface area contributed by atoms with Crippen molar-refractivity contribution in [2.75, 3.05) is 0 Å². The third kappa shape index (κ3) is 1.45. The van der Waals surface area contributed by atoms with Gasteiger partial charge in [-0.1, -0.05) is 12.1 Å². The molecule has 0 unspecified atom stereocenters. The highest BCUT2D eigenvalue weighted by molar-refractivity contribution is 5.39. The summed E-state index contributed by atoms with van der Waals surface area (Å²) in [4.78, 5) is 0. The van der Waals surface area contributed by atoms with Crippen LogP contribution in [0.15, 0.2) is 12.1 Å². The minimum atomic E-state index is 0.0260. The molecule has 1 heterocycles. The molecule has 2 N–H and O–H groups in total. The zero-order chi connectivity index (χ0) is 10.3. The Bertz CT molecular complexity index is 360. The van der Waals surface area contributed by atoms with Crippen LogP contribution in [0.4, 0.5) is 0 Å². The second-order valence-electron chi connectivity index (χ2n) is 4.18. The fourth-order valence-corrected chi connectivity index (χ4v) is 1.91. The molecule has 1 aromatic carbocycles. The van der Waals surface area contributed by atoms with Gasteiger partial charge in [-0.15, -0.1) is 0 Å². The van der Waals surface area contributed by atoms with E-state index in [4.69, 9.17) is 10.5 Å². The van der Waals surface area contributed by atoms with Gasteiger partial charge in [-0.3, -0.25) is 0 Å². The monoisotopic (exact) mass is 191 g/mol. The normalized spacial score (nSPS) is 26.0. The topological polar surface area (TPSA) is 35.2 Å². The summed E-state index contributed by atoms with van der Waals surface area (Å²) >= 11 is 0. The minimum absolute atomic E-state index is 0.0260. The Morgan fingerprint density at radius 1 is 1.29 bits per heavy atom. The number of hydrogen-bond acceptors (Lipinski definition) is 2. The molecule has 0 bridgehead atoms. The van der Waals surface area contributed by atoms with E-state index in [1.165, 1.54) is 22.3 Å². The minimum Gasteiger partial charge on any atom is -0.372 e. The van der Waals surface area contributed by atoms with Crippen molar-refractivity contribution in [3.05, 3.63) is 34.4 Å². The summed E-state index contributed by atoms with van der Waals surface area (Å²) in [5, 5.41) is 0. The van der Waals surface area contributed by atoms with Crippen LogP contribution in [0, 0.1) is 13.8 Å². The van der Waals surface area contributed by atoms with Crippen LogP contribution in [0.25, 0.3) is 0 Å². The zero-order valence-electron chi connectivity index (χ0n) is 9.00. The molecule has 2 rings (SSSR count). The molecule has 0 radical (unpaired) electrons. The van der Waals surface area contributed by atoms with E-state index in [1.807, 2.05) is 6.92 Å². The molecular formula is C12H17NO. The van der Waals surface area contributed by atoms with Gasteiger partial charge in [0.2, 0.25) is 0 Å². The maximum Gasteiger partial charge on any atom is 0.0744 e. The van der Waals surface area contributed by atoms with Crippen LogP contribution in [0.5, 0.6) is 0 Å². The van der Waals surface area contributed by atoms with Crippen molar-refractivity contribution >= 4 is 0 Å². The largest absolute Gasteiger partial charge is 0.372 e. The van der Waals surface area contributed by atoms with Gasteiger partial charge in [-0.25, -0.2) is 0 Å². The molecule has 76 valence electrons. The van der Waals surface area contributed by atoms with Gasteiger partial charge in [-0.05, 0) is 43.0 Å². The maximum absolute atomic E-state index is 6.08. The Kier molecular flexibility index (Phi) is 2.33. The SMILES string of the molecule is Cc1cc2c(cc1C)[C@@H](N)[C@@H](C)OC2. The number of hydrogen-bond donors (Lipinski definition) is 1. The van der Waals surface area contributed by atoms with E-state index in [2.05, 4.69) is 26.0 Å². The lowest BCUT2D eigenvalue weighted by Crippen LogP contribution is -2.31. The van der Waals surface area contributed by atoms with Crippen molar-refractivity contribution in [3.8, 4) is 0 Å². The van der Waals surface area contributed by atoms with Crippen LogP contribution in [0.1, 0.15) is 35.2 Å². The smallest absolute Gasteiger partial charge is 0.0744 e. The summed E-state index contributed by atoms with van der Waals surface area (Å²) in [6.07, 6.45) is 0.129. The molecule has 0 saturated heterocycles. The van der Waals surface area contributed by atoms with Crippen molar-refractivity contribution in [2.24, 2.45) is 5.73 Å². The highest BCUT2D eigenvalue weighted by Gasteiger charge is 2.24. The van der Waals surface area contributed by atoms with Crippen molar-refractivity contribution < 1.29 is 4.74 Å². The number of fused-ring (bicyclic) bond motifs is 1. The molecule has 0 amide bonds. The van der Waals surface area contributed by atoms with Gasteiger partial charge in [0.25, 0.3) is 0 Å². The molecule has 2 heteroatoms. The van der Waals surface area contributed by atoms with E-state index in [0.29, 0.717) is 6.61 Å². The number of rotatable bonds is 0. The van der Waals surface area contributed by atoms with Crippen molar-refractivity contribution in [3.63, 3.8) is 0 Å². The second-order valence-corrected chi connectivity index (χ2v) is 4.18. The molecule has 14 heavy (non-hydrogen) atoms. The summed E-state index contributed by atoms with van der Waals surface area (Å²) in [6.45, 7) is 6.98. The number of ether oxygens (including phenoxy) is 1. The summed E-state index contributed by atoms with van der Waals surface area (Å²) < 4.78 is 5.59. The molecular weight excluding hydrogens is 174 g/mol. The lowest BCUT2D eigenvalue weighted by molar-refractivity contribution is 0.0213. The first-order chi connectivity index (χ1) is 6.59. The predicted octanol–water partition coefficient (Wildman–Crippen LogP) is 2.22. The number of benzene rings is 1. The molecule has 1 aliphatic heterocycles.